The second-order valence-electron chi connectivity index (χ2n) is 7.34. The van der Waals surface area contributed by atoms with E-state index >= 15 is 0 Å². The first-order valence-corrected chi connectivity index (χ1v) is 10.6. The third-order valence-electron chi connectivity index (χ3n) is 5.27. The number of hydrogen-bond donors (Lipinski definition) is 0. The number of thiazole rings is 1. The van der Waals surface area contributed by atoms with Gasteiger partial charge < -0.3 is 19.1 Å². The van der Waals surface area contributed by atoms with Crippen molar-refractivity contribution in [2.24, 2.45) is 0 Å². The maximum Gasteiger partial charge on any atom is 0.219 e. The Morgan fingerprint density at radius 3 is 2.97 bits per heavy atom. The van der Waals surface area contributed by atoms with Crippen molar-refractivity contribution in [2.75, 3.05) is 26.4 Å². The Morgan fingerprint density at radius 1 is 1.28 bits per heavy atom. The van der Waals surface area contributed by atoms with Crippen LogP contribution in [-0.2, 0) is 16.1 Å². The number of hydrogen-bond acceptors (Lipinski definition) is 6. The van der Waals surface area contributed by atoms with Crippen molar-refractivity contribution < 1.29 is 19.0 Å². The number of fused-ring (bicyclic) bond motifs is 2. The summed E-state index contributed by atoms with van der Waals surface area (Å²) in [7, 11) is 0. The maximum atomic E-state index is 12.0. The standard InChI is InChI=1S/C22H22N2O4S/c1-14(25)24-7-9-27-21-16(12-24)10-15(11-19(21)28-17-6-8-26-13-17)22-23-18-4-2-3-5-20(18)29-22/h2-5,10-11,17H,6-9,12-13H2,1H3. The fraction of sp³-hybridized carbons (Fsp3) is 0.364. The van der Waals surface area contributed by atoms with Gasteiger partial charge in [-0.2, -0.15) is 0 Å². The summed E-state index contributed by atoms with van der Waals surface area (Å²) in [6.45, 7) is 4.40. The Kier molecular flexibility index (Phi) is 4.85. The van der Waals surface area contributed by atoms with E-state index < -0.39 is 0 Å². The summed E-state index contributed by atoms with van der Waals surface area (Å²) >= 11 is 1.65. The van der Waals surface area contributed by atoms with Crippen LogP contribution in [0, 0.1) is 0 Å². The van der Waals surface area contributed by atoms with E-state index in [9.17, 15) is 4.79 Å². The SMILES string of the molecule is CC(=O)N1CCOc2c(cc(-c3nc4ccccc4s3)cc2OC2CCOC2)C1. The molecular weight excluding hydrogens is 388 g/mol. The van der Waals surface area contributed by atoms with Crippen LogP contribution in [-0.4, -0.2) is 48.3 Å². The van der Waals surface area contributed by atoms with Crippen molar-refractivity contribution in [2.45, 2.75) is 26.0 Å². The van der Waals surface area contributed by atoms with Gasteiger partial charge in [0, 0.05) is 31.0 Å². The molecular formula is C22H22N2O4S. The van der Waals surface area contributed by atoms with Gasteiger partial charge in [-0.3, -0.25) is 4.79 Å². The lowest BCUT2D eigenvalue weighted by atomic mass is 10.1. The predicted molar refractivity (Wildman–Crippen MR) is 111 cm³/mol. The van der Waals surface area contributed by atoms with E-state index in [1.54, 1.807) is 23.2 Å². The second kappa shape index (κ2) is 7.65. The number of aromatic nitrogens is 1. The molecule has 3 heterocycles. The first kappa shape index (κ1) is 18.4. The molecule has 1 unspecified atom stereocenters. The number of benzene rings is 2. The van der Waals surface area contributed by atoms with E-state index in [0.29, 0.717) is 38.7 Å². The van der Waals surface area contributed by atoms with Gasteiger partial charge in [-0.15, -0.1) is 11.3 Å². The van der Waals surface area contributed by atoms with Gasteiger partial charge in [0.05, 0.1) is 30.0 Å². The molecule has 7 heteroatoms. The van der Waals surface area contributed by atoms with Crippen LogP contribution in [0.5, 0.6) is 11.5 Å². The summed E-state index contributed by atoms with van der Waals surface area (Å²) in [5, 5.41) is 0.931. The molecule has 6 nitrogen and oxygen atoms in total. The normalized spacial score (nSPS) is 18.9. The number of para-hydroxylation sites is 1. The molecule has 2 aliphatic rings. The highest BCUT2D eigenvalue weighted by Crippen LogP contribution is 2.41. The highest BCUT2D eigenvalue weighted by Gasteiger charge is 2.25. The average molecular weight is 410 g/mol. The summed E-state index contributed by atoms with van der Waals surface area (Å²) in [5.74, 6) is 1.47. The van der Waals surface area contributed by atoms with E-state index in [1.165, 1.54) is 0 Å². The maximum absolute atomic E-state index is 12.0. The molecule has 0 saturated carbocycles. The fourth-order valence-electron chi connectivity index (χ4n) is 3.74. The van der Waals surface area contributed by atoms with Crippen molar-refractivity contribution >= 4 is 27.5 Å². The van der Waals surface area contributed by atoms with Gasteiger partial charge in [0.15, 0.2) is 11.5 Å². The minimum Gasteiger partial charge on any atom is -0.487 e. The highest BCUT2D eigenvalue weighted by atomic mass is 32.1. The molecule has 0 spiro atoms. The predicted octanol–water partition coefficient (Wildman–Crippen LogP) is 3.87. The van der Waals surface area contributed by atoms with Crippen molar-refractivity contribution in [3.63, 3.8) is 0 Å². The second-order valence-corrected chi connectivity index (χ2v) is 8.37. The minimum atomic E-state index is 0.0143. The minimum absolute atomic E-state index is 0.0143. The summed E-state index contributed by atoms with van der Waals surface area (Å²) in [4.78, 5) is 18.6. The molecule has 0 aliphatic carbocycles. The smallest absolute Gasteiger partial charge is 0.219 e. The molecule has 0 N–H and O–H groups in total. The number of ether oxygens (including phenoxy) is 3. The Bertz CT molecular complexity index is 1030. The van der Waals surface area contributed by atoms with Crippen molar-refractivity contribution in [3.05, 3.63) is 42.0 Å². The molecule has 150 valence electrons. The van der Waals surface area contributed by atoms with Crippen molar-refractivity contribution in [1.82, 2.24) is 9.88 Å². The molecule has 29 heavy (non-hydrogen) atoms. The third-order valence-corrected chi connectivity index (χ3v) is 6.35. The quantitative estimate of drug-likeness (QED) is 0.656. The Labute approximate surface area is 173 Å². The summed E-state index contributed by atoms with van der Waals surface area (Å²) < 4.78 is 18.9. The van der Waals surface area contributed by atoms with Gasteiger partial charge >= 0.3 is 0 Å². The Balaban J connectivity index is 1.60. The molecule has 2 aliphatic heterocycles. The molecule has 2 aromatic carbocycles. The van der Waals surface area contributed by atoms with Crippen LogP contribution in [0.1, 0.15) is 18.9 Å². The molecule has 1 aromatic heterocycles. The number of carbonyl (C=O) groups excluding carboxylic acids is 1. The lowest BCUT2D eigenvalue weighted by Gasteiger charge is -2.19. The number of rotatable bonds is 3. The first-order valence-electron chi connectivity index (χ1n) is 9.83. The van der Waals surface area contributed by atoms with Gasteiger partial charge in [0.2, 0.25) is 5.91 Å². The molecule has 3 aromatic rings. The van der Waals surface area contributed by atoms with Crippen molar-refractivity contribution in [3.8, 4) is 22.1 Å². The monoisotopic (exact) mass is 410 g/mol. The zero-order valence-corrected chi connectivity index (χ0v) is 17.0. The zero-order valence-electron chi connectivity index (χ0n) is 16.2. The fourth-order valence-corrected chi connectivity index (χ4v) is 4.70. The van der Waals surface area contributed by atoms with Crippen LogP contribution in [0.3, 0.4) is 0 Å². The van der Waals surface area contributed by atoms with Gasteiger partial charge in [-0.25, -0.2) is 4.98 Å². The van der Waals surface area contributed by atoms with Crippen LogP contribution >= 0.6 is 11.3 Å². The summed E-state index contributed by atoms with van der Waals surface area (Å²) in [5.41, 5.74) is 2.91. The van der Waals surface area contributed by atoms with Crippen LogP contribution < -0.4 is 9.47 Å². The van der Waals surface area contributed by atoms with Crippen LogP contribution in [0.15, 0.2) is 36.4 Å². The van der Waals surface area contributed by atoms with Crippen molar-refractivity contribution in [1.29, 1.82) is 0 Å². The van der Waals surface area contributed by atoms with Gasteiger partial charge in [0.25, 0.3) is 0 Å². The third kappa shape index (κ3) is 3.68. The van der Waals surface area contributed by atoms with E-state index in [2.05, 4.69) is 12.1 Å². The van der Waals surface area contributed by atoms with Crippen LogP contribution in [0.25, 0.3) is 20.8 Å². The van der Waals surface area contributed by atoms with Crippen LogP contribution in [0.2, 0.25) is 0 Å². The lowest BCUT2D eigenvalue weighted by Crippen LogP contribution is -2.30. The van der Waals surface area contributed by atoms with Gasteiger partial charge in [0.1, 0.15) is 17.7 Å². The number of nitrogens with zero attached hydrogens (tertiary/aromatic N) is 2. The molecule has 5 rings (SSSR count). The molecule has 1 amide bonds. The molecule has 0 radical (unpaired) electrons. The Morgan fingerprint density at radius 2 is 2.17 bits per heavy atom. The van der Waals surface area contributed by atoms with E-state index in [4.69, 9.17) is 19.2 Å². The zero-order chi connectivity index (χ0) is 19.8. The Hall–Kier alpha value is -2.64. The number of amides is 1. The van der Waals surface area contributed by atoms with E-state index in [-0.39, 0.29) is 12.0 Å². The summed E-state index contributed by atoms with van der Waals surface area (Å²) in [6, 6.07) is 12.2. The van der Waals surface area contributed by atoms with E-state index in [0.717, 1.165) is 38.5 Å². The summed E-state index contributed by atoms with van der Waals surface area (Å²) in [6.07, 6.45) is 0.875. The first-order chi connectivity index (χ1) is 14.2. The van der Waals surface area contributed by atoms with Gasteiger partial charge in [-0.1, -0.05) is 12.1 Å². The molecule has 1 atom stereocenters. The molecule has 0 bridgehead atoms. The number of carbonyl (C=O) groups is 1. The average Bonchev–Trinajstić information content (AvgIpc) is 3.32. The lowest BCUT2D eigenvalue weighted by molar-refractivity contribution is -0.129. The molecule has 1 saturated heterocycles. The van der Waals surface area contributed by atoms with E-state index in [1.807, 2.05) is 24.3 Å². The largest absolute Gasteiger partial charge is 0.487 e. The van der Waals surface area contributed by atoms with Crippen LogP contribution in [0.4, 0.5) is 0 Å². The van der Waals surface area contributed by atoms with Gasteiger partial charge in [-0.05, 0) is 24.3 Å². The topological polar surface area (TPSA) is 60.9 Å². The molecule has 1 fully saturated rings. The highest BCUT2D eigenvalue weighted by molar-refractivity contribution is 7.21.